The molecule has 2 aromatic rings. The first-order valence-electron chi connectivity index (χ1n) is 7.46. The van der Waals surface area contributed by atoms with Crippen molar-refractivity contribution in [3.8, 4) is 5.75 Å². The number of nitrogens with zero attached hydrogens (tertiary/aromatic N) is 1. The largest absolute Gasteiger partial charge is 0.423 e. The van der Waals surface area contributed by atoms with Gasteiger partial charge in [0, 0.05) is 18.1 Å². The molecule has 5 nitrogen and oxygen atoms in total. The molecule has 128 valence electrons. The highest BCUT2D eigenvalue weighted by molar-refractivity contribution is 7.89. The molecule has 2 aromatic carbocycles. The van der Waals surface area contributed by atoms with Crippen molar-refractivity contribution in [2.75, 3.05) is 13.1 Å². The van der Waals surface area contributed by atoms with Crippen LogP contribution in [0.15, 0.2) is 53.4 Å². The number of rotatable bonds is 6. The molecule has 0 saturated heterocycles. The Labute approximate surface area is 146 Å². The Bertz CT molecular complexity index is 815. The quantitative estimate of drug-likeness (QED) is 0.578. The summed E-state index contributed by atoms with van der Waals surface area (Å²) < 4.78 is 31.4. The van der Waals surface area contributed by atoms with Crippen molar-refractivity contribution in [3.63, 3.8) is 0 Å². The lowest BCUT2D eigenvalue weighted by Gasteiger charge is -2.18. The van der Waals surface area contributed by atoms with Gasteiger partial charge in [-0.2, -0.15) is 4.31 Å². The number of hydrogen-bond donors (Lipinski definition) is 0. The van der Waals surface area contributed by atoms with Crippen LogP contribution in [0.1, 0.15) is 24.2 Å². The number of ether oxygens (including phenoxy) is 1. The van der Waals surface area contributed by atoms with E-state index in [1.54, 1.807) is 32.0 Å². The smallest absolute Gasteiger partial charge is 0.343 e. The molecule has 0 aromatic heterocycles. The highest BCUT2D eigenvalue weighted by atomic mass is 35.5. The van der Waals surface area contributed by atoms with Gasteiger partial charge in [-0.1, -0.05) is 31.5 Å². The van der Waals surface area contributed by atoms with Crippen molar-refractivity contribution in [1.29, 1.82) is 0 Å². The first-order chi connectivity index (χ1) is 11.4. The van der Waals surface area contributed by atoms with Gasteiger partial charge in [0.2, 0.25) is 10.0 Å². The molecule has 0 spiro atoms. The summed E-state index contributed by atoms with van der Waals surface area (Å²) >= 11 is 5.84. The molecule has 7 heteroatoms. The van der Waals surface area contributed by atoms with Crippen LogP contribution in [0.2, 0.25) is 5.02 Å². The summed E-state index contributed by atoms with van der Waals surface area (Å²) in [5, 5.41) is 0.459. The molecular formula is C17H18ClNO4S. The average Bonchev–Trinajstić information content (AvgIpc) is 2.56. The summed E-state index contributed by atoms with van der Waals surface area (Å²) in [7, 11) is -3.54. The molecule has 0 atom stereocenters. The minimum atomic E-state index is -3.54. The van der Waals surface area contributed by atoms with Crippen molar-refractivity contribution in [1.82, 2.24) is 4.31 Å². The number of benzene rings is 2. The van der Waals surface area contributed by atoms with E-state index in [4.69, 9.17) is 16.3 Å². The Morgan fingerprint density at radius 3 is 2.25 bits per heavy atom. The highest BCUT2D eigenvalue weighted by Crippen LogP contribution is 2.20. The van der Waals surface area contributed by atoms with E-state index in [-0.39, 0.29) is 10.5 Å². The number of esters is 1. The van der Waals surface area contributed by atoms with Crippen LogP contribution in [0.25, 0.3) is 0 Å². The Morgan fingerprint density at radius 1 is 1.08 bits per heavy atom. The van der Waals surface area contributed by atoms with E-state index in [0.29, 0.717) is 23.9 Å². The van der Waals surface area contributed by atoms with E-state index in [1.807, 2.05) is 0 Å². The zero-order valence-electron chi connectivity index (χ0n) is 13.4. The maximum absolute atomic E-state index is 12.4. The lowest BCUT2D eigenvalue weighted by molar-refractivity contribution is 0.0734. The fourth-order valence-corrected chi connectivity index (χ4v) is 3.81. The molecule has 0 amide bonds. The standard InChI is InChI=1S/C17H18ClNO4S/c1-3-19(4-2)24(21,22)16-10-8-13(9-11-16)17(20)23-15-7-5-6-14(18)12-15/h5-12H,3-4H2,1-2H3. The van der Waals surface area contributed by atoms with Gasteiger partial charge in [0.15, 0.2) is 0 Å². The number of hydrogen-bond acceptors (Lipinski definition) is 4. The highest BCUT2D eigenvalue weighted by Gasteiger charge is 2.21. The van der Waals surface area contributed by atoms with Gasteiger partial charge in [0.25, 0.3) is 0 Å². The van der Waals surface area contributed by atoms with Gasteiger partial charge in [-0.15, -0.1) is 0 Å². The molecule has 0 fully saturated rings. The third-order valence-corrected chi connectivity index (χ3v) is 5.74. The zero-order chi connectivity index (χ0) is 17.7. The predicted octanol–water partition coefficient (Wildman–Crippen LogP) is 3.59. The van der Waals surface area contributed by atoms with E-state index in [2.05, 4.69) is 0 Å². The van der Waals surface area contributed by atoms with Gasteiger partial charge in [0.05, 0.1) is 10.5 Å². The van der Waals surface area contributed by atoms with Crippen LogP contribution in [0, 0.1) is 0 Å². The summed E-state index contributed by atoms with van der Waals surface area (Å²) in [6, 6.07) is 12.2. The topological polar surface area (TPSA) is 63.7 Å². The summed E-state index contributed by atoms with van der Waals surface area (Å²) in [5.41, 5.74) is 0.258. The van der Waals surface area contributed by atoms with Gasteiger partial charge in [0.1, 0.15) is 5.75 Å². The van der Waals surface area contributed by atoms with Gasteiger partial charge >= 0.3 is 5.97 Å². The molecule has 0 saturated carbocycles. The van der Waals surface area contributed by atoms with Crippen LogP contribution >= 0.6 is 11.6 Å². The van der Waals surface area contributed by atoms with E-state index in [0.717, 1.165) is 0 Å². The Hall–Kier alpha value is -1.89. The minimum absolute atomic E-state index is 0.144. The monoisotopic (exact) mass is 367 g/mol. The van der Waals surface area contributed by atoms with Crippen LogP contribution in [0.4, 0.5) is 0 Å². The van der Waals surface area contributed by atoms with Crippen LogP contribution in [-0.4, -0.2) is 31.8 Å². The third-order valence-electron chi connectivity index (χ3n) is 3.44. The Kier molecular flexibility index (Phi) is 5.99. The van der Waals surface area contributed by atoms with E-state index < -0.39 is 16.0 Å². The van der Waals surface area contributed by atoms with E-state index >= 15 is 0 Å². The number of carbonyl (C=O) groups excluding carboxylic acids is 1. The van der Waals surface area contributed by atoms with Crippen molar-refractivity contribution in [2.24, 2.45) is 0 Å². The molecule has 0 radical (unpaired) electrons. The Morgan fingerprint density at radius 2 is 1.71 bits per heavy atom. The molecule has 0 N–H and O–H groups in total. The number of carbonyl (C=O) groups is 1. The first kappa shape index (κ1) is 18.4. The van der Waals surface area contributed by atoms with E-state index in [9.17, 15) is 13.2 Å². The zero-order valence-corrected chi connectivity index (χ0v) is 15.0. The fourth-order valence-electron chi connectivity index (χ4n) is 2.17. The molecule has 0 unspecified atom stereocenters. The lowest BCUT2D eigenvalue weighted by atomic mass is 10.2. The molecule has 0 heterocycles. The lowest BCUT2D eigenvalue weighted by Crippen LogP contribution is -2.30. The van der Waals surface area contributed by atoms with Crippen molar-refractivity contribution in [2.45, 2.75) is 18.7 Å². The molecule has 0 bridgehead atoms. The summed E-state index contributed by atoms with van der Waals surface area (Å²) in [4.78, 5) is 12.3. The van der Waals surface area contributed by atoms with Gasteiger partial charge in [-0.05, 0) is 42.5 Å². The van der Waals surface area contributed by atoms with Crippen LogP contribution in [0.5, 0.6) is 5.75 Å². The van der Waals surface area contributed by atoms with E-state index in [1.165, 1.54) is 34.6 Å². The van der Waals surface area contributed by atoms with Crippen LogP contribution in [-0.2, 0) is 10.0 Å². The maximum atomic E-state index is 12.4. The van der Waals surface area contributed by atoms with Crippen LogP contribution < -0.4 is 4.74 Å². The number of halogens is 1. The molecule has 2 rings (SSSR count). The average molecular weight is 368 g/mol. The summed E-state index contributed by atoms with van der Waals surface area (Å²) in [6.07, 6.45) is 0. The summed E-state index contributed by atoms with van der Waals surface area (Å²) in [5.74, 6) is -0.253. The fraction of sp³-hybridized carbons (Fsp3) is 0.235. The second kappa shape index (κ2) is 7.79. The minimum Gasteiger partial charge on any atom is -0.423 e. The maximum Gasteiger partial charge on any atom is 0.343 e. The molecule has 0 aliphatic carbocycles. The first-order valence-corrected chi connectivity index (χ1v) is 9.28. The predicted molar refractivity (Wildman–Crippen MR) is 93.0 cm³/mol. The van der Waals surface area contributed by atoms with Gasteiger partial charge in [-0.3, -0.25) is 0 Å². The van der Waals surface area contributed by atoms with Gasteiger partial charge < -0.3 is 4.74 Å². The van der Waals surface area contributed by atoms with Crippen molar-refractivity contribution < 1.29 is 17.9 Å². The SMILES string of the molecule is CCN(CC)S(=O)(=O)c1ccc(C(=O)Oc2cccc(Cl)c2)cc1. The van der Waals surface area contributed by atoms with Crippen molar-refractivity contribution >= 4 is 27.6 Å². The third kappa shape index (κ3) is 4.14. The molecule has 24 heavy (non-hydrogen) atoms. The Balaban J connectivity index is 2.18. The van der Waals surface area contributed by atoms with Crippen LogP contribution in [0.3, 0.4) is 0 Å². The number of sulfonamides is 1. The second-order valence-corrected chi connectivity index (χ2v) is 7.33. The van der Waals surface area contributed by atoms with Gasteiger partial charge in [-0.25, -0.2) is 13.2 Å². The summed E-state index contributed by atoms with van der Waals surface area (Å²) in [6.45, 7) is 4.32. The molecule has 0 aliphatic rings. The normalized spacial score (nSPS) is 11.5. The molecule has 0 aliphatic heterocycles. The second-order valence-electron chi connectivity index (χ2n) is 4.96. The van der Waals surface area contributed by atoms with Crippen molar-refractivity contribution in [3.05, 3.63) is 59.1 Å². The molecular weight excluding hydrogens is 350 g/mol.